The van der Waals surface area contributed by atoms with Crippen molar-refractivity contribution in [1.29, 1.82) is 0 Å². The van der Waals surface area contributed by atoms with Crippen molar-refractivity contribution in [3.63, 3.8) is 0 Å². The van der Waals surface area contributed by atoms with Gasteiger partial charge >= 0.3 is 0 Å². The number of benzene rings is 1. The topological polar surface area (TPSA) is 55.4 Å². The van der Waals surface area contributed by atoms with E-state index >= 15 is 0 Å². The Hall–Kier alpha value is -1.07. The second kappa shape index (κ2) is 6.14. The number of hydrogen-bond acceptors (Lipinski definition) is 3. The lowest BCUT2D eigenvalue weighted by atomic mass is 9.84. The first-order valence-corrected chi connectivity index (χ1v) is 8.56. The van der Waals surface area contributed by atoms with Gasteiger partial charge in [0.2, 0.25) is 10.0 Å². The van der Waals surface area contributed by atoms with E-state index in [2.05, 4.69) is 31.6 Å². The fourth-order valence-electron chi connectivity index (χ4n) is 2.12. The van der Waals surface area contributed by atoms with Crippen LogP contribution in [-0.2, 0) is 21.9 Å². The summed E-state index contributed by atoms with van der Waals surface area (Å²) >= 11 is 0. The van der Waals surface area contributed by atoms with Gasteiger partial charge in [-0.3, -0.25) is 0 Å². The van der Waals surface area contributed by atoms with Crippen LogP contribution in [0.15, 0.2) is 12.1 Å². The Morgan fingerprint density at radius 1 is 1.25 bits per heavy atom. The van der Waals surface area contributed by atoms with Crippen molar-refractivity contribution >= 4 is 10.0 Å². The van der Waals surface area contributed by atoms with Gasteiger partial charge in [-0.05, 0) is 41.5 Å². The predicted octanol–water partition coefficient (Wildman–Crippen LogP) is 2.39. The molecule has 0 amide bonds. The van der Waals surface area contributed by atoms with Crippen molar-refractivity contribution in [2.24, 2.45) is 0 Å². The van der Waals surface area contributed by atoms with Crippen LogP contribution in [0.1, 0.15) is 37.5 Å². The van der Waals surface area contributed by atoms with Crippen LogP contribution in [0.4, 0.5) is 0 Å². The zero-order chi connectivity index (χ0) is 15.6. The van der Waals surface area contributed by atoms with E-state index in [0.29, 0.717) is 13.0 Å². The SMILES string of the molecule is COc1cc(C)c(CCNS(C)(=O)=O)cc1C(C)(C)C. The average Bonchev–Trinajstić information content (AvgIpc) is 2.27. The van der Waals surface area contributed by atoms with E-state index in [-0.39, 0.29) is 5.41 Å². The molecule has 1 N–H and O–H groups in total. The maximum Gasteiger partial charge on any atom is 0.208 e. The molecule has 0 atom stereocenters. The fourth-order valence-corrected chi connectivity index (χ4v) is 2.59. The quantitative estimate of drug-likeness (QED) is 0.908. The average molecular weight is 299 g/mol. The fraction of sp³-hybridized carbons (Fsp3) is 0.600. The molecule has 1 aromatic rings. The van der Waals surface area contributed by atoms with Crippen LogP contribution in [0.3, 0.4) is 0 Å². The van der Waals surface area contributed by atoms with Crippen molar-refractivity contribution in [1.82, 2.24) is 4.72 Å². The molecule has 114 valence electrons. The summed E-state index contributed by atoms with van der Waals surface area (Å²) in [5.74, 6) is 0.884. The van der Waals surface area contributed by atoms with E-state index in [9.17, 15) is 8.42 Å². The summed E-state index contributed by atoms with van der Waals surface area (Å²) in [4.78, 5) is 0. The van der Waals surface area contributed by atoms with Crippen molar-refractivity contribution in [2.45, 2.75) is 39.5 Å². The highest BCUT2D eigenvalue weighted by molar-refractivity contribution is 7.88. The third-order valence-corrected chi connectivity index (χ3v) is 3.95. The van der Waals surface area contributed by atoms with E-state index in [1.165, 1.54) is 6.26 Å². The first-order chi connectivity index (χ1) is 9.04. The third-order valence-electron chi connectivity index (χ3n) is 3.22. The largest absolute Gasteiger partial charge is 0.496 e. The second-order valence-electron chi connectivity index (χ2n) is 6.15. The molecule has 0 aliphatic heterocycles. The van der Waals surface area contributed by atoms with Crippen molar-refractivity contribution < 1.29 is 13.2 Å². The van der Waals surface area contributed by atoms with E-state index in [4.69, 9.17) is 4.74 Å². The molecule has 0 fully saturated rings. The van der Waals surface area contributed by atoms with Crippen LogP contribution < -0.4 is 9.46 Å². The van der Waals surface area contributed by atoms with Crippen LogP contribution in [0, 0.1) is 6.92 Å². The Labute approximate surface area is 122 Å². The number of aryl methyl sites for hydroxylation is 1. The molecule has 1 aromatic carbocycles. The summed E-state index contributed by atoms with van der Waals surface area (Å²) in [6, 6.07) is 4.15. The van der Waals surface area contributed by atoms with Gasteiger partial charge in [0.15, 0.2) is 0 Å². The van der Waals surface area contributed by atoms with Crippen LogP contribution >= 0.6 is 0 Å². The first kappa shape index (κ1) is 17.0. The molecule has 1 rings (SSSR count). The maximum atomic E-state index is 11.1. The molecule has 0 spiro atoms. The highest BCUT2D eigenvalue weighted by atomic mass is 32.2. The molecule has 0 unspecified atom stereocenters. The summed E-state index contributed by atoms with van der Waals surface area (Å²) in [6.07, 6.45) is 1.85. The molecule has 0 saturated carbocycles. The van der Waals surface area contributed by atoms with Gasteiger partial charge in [-0.1, -0.05) is 26.8 Å². The maximum absolute atomic E-state index is 11.1. The third kappa shape index (κ3) is 4.80. The summed E-state index contributed by atoms with van der Waals surface area (Å²) in [5, 5.41) is 0. The number of hydrogen-bond donors (Lipinski definition) is 1. The Kier molecular flexibility index (Phi) is 5.21. The lowest BCUT2D eigenvalue weighted by Crippen LogP contribution is -2.24. The normalized spacial score (nSPS) is 12.5. The number of rotatable bonds is 5. The molecule has 0 heterocycles. The lowest BCUT2D eigenvalue weighted by molar-refractivity contribution is 0.397. The van der Waals surface area contributed by atoms with E-state index < -0.39 is 10.0 Å². The first-order valence-electron chi connectivity index (χ1n) is 6.67. The molecule has 0 bridgehead atoms. The molecular formula is C15H25NO3S. The number of sulfonamides is 1. The Balaban J connectivity index is 3.03. The van der Waals surface area contributed by atoms with Gasteiger partial charge in [0, 0.05) is 6.54 Å². The Morgan fingerprint density at radius 3 is 2.30 bits per heavy atom. The predicted molar refractivity (Wildman–Crippen MR) is 83.0 cm³/mol. The highest BCUT2D eigenvalue weighted by Crippen LogP contribution is 2.33. The van der Waals surface area contributed by atoms with Crippen molar-refractivity contribution in [2.75, 3.05) is 19.9 Å². The second-order valence-corrected chi connectivity index (χ2v) is 7.98. The van der Waals surface area contributed by atoms with Crippen LogP contribution in [0.2, 0.25) is 0 Å². The Morgan fingerprint density at radius 2 is 1.85 bits per heavy atom. The minimum Gasteiger partial charge on any atom is -0.496 e. The molecule has 20 heavy (non-hydrogen) atoms. The van der Waals surface area contributed by atoms with Gasteiger partial charge in [0.25, 0.3) is 0 Å². The van der Waals surface area contributed by atoms with Gasteiger partial charge < -0.3 is 4.74 Å². The molecule has 0 radical (unpaired) electrons. The van der Waals surface area contributed by atoms with Gasteiger partial charge in [-0.15, -0.1) is 0 Å². The highest BCUT2D eigenvalue weighted by Gasteiger charge is 2.20. The van der Waals surface area contributed by atoms with Crippen molar-refractivity contribution in [3.05, 3.63) is 28.8 Å². The van der Waals surface area contributed by atoms with Gasteiger partial charge in [0.05, 0.1) is 13.4 Å². The monoisotopic (exact) mass is 299 g/mol. The van der Waals surface area contributed by atoms with E-state index in [1.54, 1.807) is 7.11 Å². The minimum atomic E-state index is -3.13. The molecule has 4 nitrogen and oxygen atoms in total. The standard InChI is InChI=1S/C15H25NO3S/c1-11-9-14(19-5)13(15(2,3)4)10-12(11)7-8-16-20(6,17)18/h9-10,16H,7-8H2,1-6H3. The summed E-state index contributed by atoms with van der Waals surface area (Å²) < 4.78 is 30.2. The molecule has 0 saturated heterocycles. The van der Waals surface area contributed by atoms with Crippen molar-refractivity contribution in [3.8, 4) is 5.75 Å². The summed E-state index contributed by atoms with van der Waals surface area (Å²) in [5.41, 5.74) is 3.38. The van der Waals surface area contributed by atoms with Crippen LogP contribution in [0.5, 0.6) is 5.75 Å². The van der Waals surface area contributed by atoms with E-state index in [0.717, 1.165) is 22.4 Å². The number of ether oxygens (including phenoxy) is 1. The zero-order valence-corrected chi connectivity index (χ0v) is 14.0. The van der Waals surface area contributed by atoms with Gasteiger partial charge in [-0.2, -0.15) is 0 Å². The molecule has 5 heteroatoms. The van der Waals surface area contributed by atoms with Gasteiger partial charge in [-0.25, -0.2) is 13.1 Å². The molecule has 0 aliphatic carbocycles. The van der Waals surface area contributed by atoms with Gasteiger partial charge in [0.1, 0.15) is 5.75 Å². The summed E-state index contributed by atoms with van der Waals surface area (Å²) in [7, 11) is -1.46. The molecule has 0 aliphatic rings. The van der Waals surface area contributed by atoms with Crippen LogP contribution in [-0.4, -0.2) is 28.3 Å². The van der Waals surface area contributed by atoms with Crippen LogP contribution in [0.25, 0.3) is 0 Å². The lowest BCUT2D eigenvalue weighted by Gasteiger charge is -2.24. The smallest absolute Gasteiger partial charge is 0.208 e. The number of methoxy groups -OCH3 is 1. The Bertz CT molecular complexity index is 572. The van der Waals surface area contributed by atoms with E-state index in [1.807, 2.05) is 13.0 Å². The zero-order valence-electron chi connectivity index (χ0n) is 13.2. The molecule has 0 aromatic heterocycles. The summed E-state index contributed by atoms with van der Waals surface area (Å²) in [6.45, 7) is 8.84. The number of nitrogens with one attached hydrogen (secondary N) is 1. The minimum absolute atomic E-state index is 0.0158. The molecular weight excluding hydrogens is 274 g/mol.